The fraction of sp³-hybridized carbons (Fsp3) is 0.345. The molecule has 5 rings (SSSR count). The summed E-state index contributed by atoms with van der Waals surface area (Å²) in [4.78, 5) is 2.48. The van der Waals surface area contributed by atoms with Crippen LogP contribution in [-0.4, -0.2) is 40.4 Å². The maximum Gasteiger partial charge on any atom is 0.132 e. The lowest BCUT2D eigenvalue weighted by Gasteiger charge is -2.34. The molecule has 2 unspecified atom stereocenters. The molecule has 194 valence electrons. The highest BCUT2D eigenvalue weighted by molar-refractivity contribution is 5.56. The fourth-order valence-electron chi connectivity index (χ4n) is 5.03. The van der Waals surface area contributed by atoms with Gasteiger partial charge in [-0.2, -0.15) is 5.10 Å². The number of rotatable bonds is 10. The SMILES string of the molecule is NC(O)C1=CNC(Nc2ccc(N3CCC(CCn4cccn4)CC3)cc2)C=C1NCc1ccccc1. The molecular weight excluding hydrogens is 462 g/mol. The molecule has 2 aromatic carbocycles. The van der Waals surface area contributed by atoms with E-state index in [4.69, 9.17) is 5.73 Å². The molecule has 1 saturated heterocycles. The van der Waals surface area contributed by atoms with Crippen LogP contribution in [0.2, 0.25) is 0 Å². The number of nitrogens with one attached hydrogen (secondary N) is 3. The van der Waals surface area contributed by atoms with E-state index in [2.05, 4.69) is 62.3 Å². The zero-order chi connectivity index (χ0) is 25.5. The zero-order valence-corrected chi connectivity index (χ0v) is 21.1. The van der Waals surface area contributed by atoms with Crippen molar-refractivity contribution in [3.8, 4) is 0 Å². The minimum Gasteiger partial charge on any atom is -0.381 e. The zero-order valence-electron chi connectivity index (χ0n) is 21.1. The first-order valence-electron chi connectivity index (χ1n) is 13.1. The molecule has 0 radical (unpaired) electrons. The molecule has 1 aromatic heterocycles. The predicted molar refractivity (Wildman–Crippen MR) is 148 cm³/mol. The normalized spacial score (nSPS) is 19.0. The number of aryl methyl sites for hydroxylation is 1. The Morgan fingerprint density at radius 1 is 1.05 bits per heavy atom. The quantitative estimate of drug-likeness (QED) is 0.273. The van der Waals surface area contributed by atoms with E-state index in [1.54, 1.807) is 6.20 Å². The Balaban J connectivity index is 1.14. The molecule has 8 nitrogen and oxygen atoms in total. The maximum absolute atomic E-state index is 10.0. The third kappa shape index (κ3) is 6.72. The number of benzene rings is 2. The second-order valence-corrected chi connectivity index (χ2v) is 9.79. The summed E-state index contributed by atoms with van der Waals surface area (Å²) < 4.78 is 2.03. The van der Waals surface area contributed by atoms with Crippen LogP contribution >= 0.6 is 0 Å². The summed E-state index contributed by atoms with van der Waals surface area (Å²) in [5, 5.41) is 24.6. The van der Waals surface area contributed by atoms with Gasteiger partial charge in [0.25, 0.3) is 0 Å². The lowest BCUT2D eigenvalue weighted by atomic mass is 9.93. The number of aromatic nitrogens is 2. The molecule has 3 aromatic rings. The number of dihydropyridines is 1. The van der Waals surface area contributed by atoms with Crippen LogP contribution in [-0.2, 0) is 13.1 Å². The summed E-state index contributed by atoms with van der Waals surface area (Å²) in [5.74, 6) is 0.764. The first-order chi connectivity index (χ1) is 18.1. The van der Waals surface area contributed by atoms with Crippen molar-refractivity contribution < 1.29 is 5.11 Å². The molecule has 0 bridgehead atoms. The number of aliphatic hydroxyl groups excluding tert-OH is 1. The van der Waals surface area contributed by atoms with Crippen LogP contribution in [0.3, 0.4) is 0 Å². The average molecular weight is 500 g/mol. The van der Waals surface area contributed by atoms with Crippen LogP contribution in [0.5, 0.6) is 0 Å². The number of hydrogen-bond donors (Lipinski definition) is 5. The summed E-state index contributed by atoms with van der Waals surface area (Å²) in [6, 6.07) is 20.8. The van der Waals surface area contributed by atoms with Crippen molar-refractivity contribution in [2.45, 2.75) is 44.7 Å². The van der Waals surface area contributed by atoms with Crippen LogP contribution in [0.25, 0.3) is 0 Å². The number of anilines is 2. The Morgan fingerprint density at radius 3 is 2.54 bits per heavy atom. The largest absolute Gasteiger partial charge is 0.381 e. The molecule has 2 atom stereocenters. The maximum atomic E-state index is 10.0. The molecular formula is C29H37N7O. The summed E-state index contributed by atoms with van der Waals surface area (Å²) in [6.07, 6.45) is 10.1. The topological polar surface area (TPSA) is 103 Å². The van der Waals surface area contributed by atoms with Gasteiger partial charge in [0.1, 0.15) is 12.4 Å². The average Bonchev–Trinajstić information content (AvgIpc) is 3.46. The highest BCUT2D eigenvalue weighted by atomic mass is 16.3. The van der Waals surface area contributed by atoms with E-state index in [1.807, 2.05) is 47.4 Å². The van der Waals surface area contributed by atoms with Gasteiger partial charge in [-0.1, -0.05) is 30.3 Å². The standard InChI is InChI=1S/C29H37N7O/c30-29(37)26-21-32-28(19-27(26)31-20-23-5-2-1-3-6-23)34-24-7-9-25(10-8-24)35-16-11-22(12-17-35)13-18-36-15-4-14-33-36/h1-10,14-15,19,21-22,28-29,31-32,34,37H,11-13,16-18,20,30H2. The van der Waals surface area contributed by atoms with E-state index in [0.29, 0.717) is 12.1 Å². The highest BCUT2D eigenvalue weighted by Gasteiger charge is 2.21. The van der Waals surface area contributed by atoms with E-state index in [1.165, 1.54) is 24.9 Å². The van der Waals surface area contributed by atoms with E-state index in [-0.39, 0.29) is 6.17 Å². The number of nitrogens with two attached hydrogens (primary N) is 1. The molecule has 0 amide bonds. The van der Waals surface area contributed by atoms with Crippen LogP contribution < -0.4 is 26.6 Å². The monoisotopic (exact) mass is 499 g/mol. The van der Waals surface area contributed by atoms with Crippen LogP contribution in [0.15, 0.2) is 96.6 Å². The lowest BCUT2D eigenvalue weighted by Crippen LogP contribution is -2.39. The van der Waals surface area contributed by atoms with Crippen molar-refractivity contribution in [3.05, 3.63) is 102 Å². The Labute approximate surface area is 218 Å². The molecule has 2 aliphatic heterocycles. The molecule has 1 fully saturated rings. The van der Waals surface area contributed by atoms with Gasteiger partial charge in [-0.05, 0) is 67.2 Å². The van der Waals surface area contributed by atoms with Gasteiger partial charge in [0.15, 0.2) is 0 Å². The number of piperidine rings is 1. The molecule has 2 aliphatic rings. The molecule has 3 heterocycles. The smallest absolute Gasteiger partial charge is 0.132 e. The van der Waals surface area contributed by atoms with Crippen molar-refractivity contribution in [2.24, 2.45) is 11.7 Å². The number of hydrogen-bond acceptors (Lipinski definition) is 7. The van der Waals surface area contributed by atoms with Gasteiger partial charge in [0, 0.05) is 67.4 Å². The van der Waals surface area contributed by atoms with E-state index >= 15 is 0 Å². The van der Waals surface area contributed by atoms with Gasteiger partial charge < -0.3 is 31.7 Å². The van der Waals surface area contributed by atoms with Gasteiger partial charge in [-0.15, -0.1) is 0 Å². The van der Waals surface area contributed by atoms with E-state index in [0.717, 1.165) is 42.5 Å². The van der Waals surface area contributed by atoms with Gasteiger partial charge in [-0.3, -0.25) is 4.68 Å². The summed E-state index contributed by atoms with van der Waals surface area (Å²) in [6.45, 7) is 3.84. The van der Waals surface area contributed by atoms with Crippen molar-refractivity contribution in [2.75, 3.05) is 23.3 Å². The third-order valence-electron chi connectivity index (χ3n) is 7.20. The molecule has 6 N–H and O–H groups in total. The molecule has 0 saturated carbocycles. The van der Waals surface area contributed by atoms with Gasteiger partial charge >= 0.3 is 0 Å². The Morgan fingerprint density at radius 2 is 1.84 bits per heavy atom. The minimum absolute atomic E-state index is 0.128. The first-order valence-corrected chi connectivity index (χ1v) is 13.1. The fourth-order valence-corrected chi connectivity index (χ4v) is 5.03. The minimum atomic E-state index is -1.06. The van der Waals surface area contributed by atoms with Gasteiger partial charge in [0.05, 0.1) is 0 Å². The molecule has 8 heteroatoms. The Bertz CT molecular complexity index is 1160. The van der Waals surface area contributed by atoms with E-state index in [9.17, 15) is 5.11 Å². The molecule has 0 aliphatic carbocycles. The van der Waals surface area contributed by atoms with Crippen LogP contribution in [0.1, 0.15) is 24.8 Å². The van der Waals surface area contributed by atoms with Gasteiger partial charge in [-0.25, -0.2) is 0 Å². The third-order valence-corrected chi connectivity index (χ3v) is 7.20. The first kappa shape index (κ1) is 24.9. The number of aliphatic hydroxyl groups is 1. The second kappa shape index (κ2) is 12.0. The van der Waals surface area contributed by atoms with Crippen molar-refractivity contribution in [1.82, 2.24) is 20.4 Å². The van der Waals surface area contributed by atoms with Crippen LogP contribution in [0, 0.1) is 5.92 Å². The summed E-state index contributed by atoms with van der Waals surface area (Å²) in [5.41, 5.74) is 10.7. The second-order valence-electron chi connectivity index (χ2n) is 9.79. The lowest BCUT2D eigenvalue weighted by molar-refractivity contribution is 0.218. The predicted octanol–water partition coefficient (Wildman–Crippen LogP) is 3.37. The number of nitrogens with zero attached hydrogens (tertiary/aromatic N) is 3. The van der Waals surface area contributed by atoms with Gasteiger partial charge in [0.2, 0.25) is 0 Å². The molecule has 37 heavy (non-hydrogen) atoms. The Kier molecular flexibility index (Phi) is 8.08. The summed E-state index contributed by atoms with van der Waals surface area (Å²) >= 11 is 0. The summed E-state index contributed by atoms with van der Waals surface area (Å²) in [7, 11) is 0. The highest BCUT2D eigenvalue weighted by Crippen LogP contribution is 2.27. The van der Waals surface area contributed by atoms with E-state index < -0.39 is 6.23 Å². The van der Waals surface area contributed by atoms with Crippen molar-refractivity contribution in [1.29, 1.82) is 0 Å². The van der Waals surface area contributed by atoms with Crippen LogP contribution in [0.4, 0.5) is 11.4 Å². The Hall–Kier alpha value is -3.75. The molecule has 0 spiro atoms. The van der Waals surface area contributed by atoms with Crippen molar-refractivity contribution >= 4 is 11.4 Å². The van der Waals surface area contributed by atoms with Crippen molar-refractivity contribution in [3.63, 3.8) is 0 Å².